The van der Waals surface area contributed by atoms with E-state index in [4.69, 9.17) is 19.9 Å². The molecule has 0 bridgehead atoms. The van der Waals surface area contributed by atoms with E-state index >= 15 is 0 Å². The third-order valence-electron chi connectivity index (χ3n) is 10.7. The highest BCUT2D eigenvalue weighted by molar-refractivity contribution is 5.94. The summed E-state index contributed by atoms with van der Waals surface area (Å²) in [7, 11) is 3.20. The van der Waals surface area contributed by atoms with Crippen LogP contribution < -0.4 is 41.7 Å². The number of nitrogens with one attached hydrogen (secondary N) is 2. The third-order valence-corrected chi connectivity index (χ3v) is 10.7. The SMILES string of the molecule is COc1cnc2ccc(=O)n(CCN3CCC(N)CC3)c2c1.COc1cnc2ccc(=O)n(CCN3CCC(NCc4ccc5c(n4)NC(=O)CO5)CC3)c2c1. The van der Waals surface area contributed by atoms with E-state index in [1.165, 1.54) is 0 Å². The first-order valence-corrected chi connectivity index (χ1v) is 19.2. The monoisotopic (exact) mass is 766 g/mol. The maximum absolute atomic E-state index is 12.5. The molecular weight excluding hydrogens is 717 g/mol. The summed E-state index contributed by atoms with van der Waals surface area (Å²) in [5.41, 5.74) is 9.97. The minimum absolute atomic E-state index is 0.00346. The van der Waals surface area contributed by atoms with Crippen LogP contribution in [0.1, 0.15) is 31.4 Å². The van der Waals surface area contributed by atoms with Crippen molar-refractivity contribution in [2.75, 3.05) is 65.4 Å². The van der Waals surface area contributed by atoms with Gasteiger partial charge in [-0.15, -0.1) is 0 Å². The Kier molecular flexibility index (Phi) is 12.5. The number of hydrogen-bond donors (Lipinski definition) is 3. The highest BCUT2D eigenvalue weighted by atomic mass is 16.5. The first kappa shape index (κ1) is 38.8. The summed E-state index contributed by atoms with van der Waals surface area (Å²) in [6.07, 6.45) is 7.43. The van der Waals surface area contributed by atoms with Crippen LogP contribution in [0.3, 0.4) is 0 Å². The molecule has 4 N–H and O–H groups in total. The lowest BCUT2D eigenvalue weighted by Gasteiger charge is -2.32. The average Bonchev–Trinajstić information content (AvgIpc) is 3.22. The molecule has 16 heteroatoms. The van der Waals surface area contributed by atoms with Gasteiger partial charge in [-0.2, -0.15) is 0 Å². The fraction of sp³-hybridized carbons (Fsp3) is 0.450. The number of ether oxygens (including phenoxy) is 3. The largest absolute Gasteiger partial charge is 0.495 e. The van der Waals surface area contributed by atoms with Gasteiger partial charge >= 0.3 is 0 Å². The van der Waals surface area contributed by atoms with Crippen molar-refractivity contribution in [3.63, 3.8) is 0 Å². The molecule has 3 aliphatic heterocycles. The molecule has 0 spiro atoms. The third kappa shape index (κ3) is 9.50. The summed E-state index contributed by atoms with van der Waals surface area (Å²) in [6, 6.07) is 14.9. The molecular formula is C40H50N10O6. The van der Waals surface area contributed by atoms with Crippen LogP contribution in [-0.4, -0.2) is 112 Å². The van der Waals surface area contributed by atoms with Crippen LogP contribution in [0, 0.1) is 0 Å². The fourth-order valence-corrected chi connectivity index (χ4v) is 7.35. The number of carbonyl (C=O) groups excluding carboxylic acids is 1. The van der Waals surface area contributed by atoms with Gasteiger partial charge in [-0.05, 0) is 76.1 Å². The van der Waals surface area contributed by atoms with Crippen molar-refractivity contribution in [1.82, 2.24) is 39.2 Å². The van der Waals surface area contributed by atoms with Crippen molar-refractivity contribution in [2.45, 2.75) is 57.4 Å². The van der Waals surface area contributed by atoms with Crippen LogP contribution in [-0.2, 0) is 24.4 Å². The van der Waals surface area contributed by atoms with Crippen molar-refractivity contribution >= 4 is 33.8 Å². The number of carbonyl (C=O) groups is 1. The number of methoxy groups -OCH3 is 2. The van der Waals surface area contributed by atoms with Gasteiger partial charge < -0.3 is 49.5 Å². The van der Waals surface area contributed by atoms with Crippen molar-refractivity contribution in [3.8, 4) is 17.2 Å². The van der Waals surface area contributed by atoms with Gasteiger partial charge in [0.15, 0.2) is 18.2 Å². The lowest BCUT2D eigenvalue weighted by Crippen LogP contribution is -2.43. The van der Waals surface area contributed by atoms with E-state index in [1.54, 1.807) is 60.0 Å². The molecule has 0 saturated carbocycles. The number of rotatable bonds is 11. The van der Waals surface area contributed by atoms with Crippen LogP contribution >= 0.6 is 0 Å². The summed E-state index contributed by atoms with van der Waals surface area (Å²) in [5.74, 6) is 2.22. The summed E-state index contributed by atoms with van der Waals surface area (Å²) in [6.45, 7) is 7.50. The Morgan fingerprint density at radius 1 is 0.768 bits per heavy atom. The Morgan fingerprint density at radius 3 is 1.88 bits per heavy atom. The van der Waals surface area contributed by atoms with Crippen LogP contribution in [0.2, 0.25) is 0 Å². The number of pyridine rings is 5. The smallest absolute Gasteiger partial charge is 0.263 e. The number of aromatic nitrogens is 5. The predicted octanol–water partition coefficient (Wildman–Crippen LogP) is 2.21. The Hall–Kier alpha value is -5.42. The van der Waals surface area contributed by atoms with Gasteiger partial charge in [0.05, 0.1) is 54.4 Å². The second kappa shape index (κ2) is 18.0. The Morgan fingerprint density at radius 2 is 1.32 bits per heavy atom. The van der Waals surface area contributed by atoms with Gasteiger partial charge in [0.1, 0.15) is 11.5 Å². The minimum atomic E-state index is -0.182. The first-order chi connectivity index (χ1) is 27.3. The zero-order chi connectivity index (χ0) is 39.0. The topological polar surface area (TPSA) is 184 Å². The van der Waals surface area contributed by atoms with E-state index in [2.05, 4.69) is 35.4 Å². The standard InChI is InChI=1S/C24H28N6O4.C16H22N4O2/c1-33-18-12-20-19(26-14-18)3-5-23(32)30(20)11-10-29-8-6-16(7-9-29)25-13-17-2-4-21-24(27-17)28-22(31)15-34-21;1-22-13-10-15-14(18-11-13)2-3-16(21)20(15)9-8-19-6-4-12(17)5-7-19/h2-5,12,14,16,25H,6-11,13,15H2,1H3,(H,27,28,31);2-3,10-12H,4-9,17H2,1H3. The zero-order valence-corrected chi connectivity index (χ0v) is 32.0. The molecule has 5 aromatic rings. The van der Waals surface area contributed by atoms with E-state index < -0.39 is 0 Å². The van der Waals surface area contributed by atoms with Gasteiger partial charge in [-0.3, -0.25) is 24.4 Å². The number of nitrogens with zero attached hydrogens (tertiary/aromatic N) is 7. The second-order valence-electron chi connectivity index (χ2n) is 14.4. The van der Waals surface area contributed by atoms with Crippen molar-refractivity contribution in [3.05, 3.63) is 87.3 Å². The molecule has 0 radical (unpaired) electrons. The number of piperidine rings is 2. The minimum Gasteiger partial charge on any atom is -0.495 e. The normalized spacial score (nSPS) is 16.8. The molecule has 1 amide bonds. The molecule has 56 heavy (non-hydrogen) atoms. The molecule has 3 aliphatic rings. The summed E-state index contributed by atoms with van der Waals surface area (Å²) < 4.78 is 19.4. The van der Waals surface area contributed by atoms with Gasteiger partial charge in [0.25, 0.3) is 17.0 Å². The van der Waals surface area contributed by atoms with E-state index in [9.17, 15) is 14.4 Å². The highest BCUT2D eigenvalue weighted by Crippen LogP contribution is 2.25. The van der Waals surface area contributed by atoms with E-state index in [-0.39, 0.29) is 23.6 Å². The molecule has 8 heterocycles. The van der Waals surface area contributed by atoms with Crippen molar-refractivity contribution in [1.29, 1.82) is 0 Å². The molecule has 16 nitrogen and oxygen atoms in total. The number of likely N-dealkylation sites (tertiary alicyclic amines) is 2. The number of nitrogens with two attached hydrogens (primary N) is 1. The van der Waals surface area contributed by atoms with Crippen LogP contribution in [0.5, 0.6) is 17.2 Å². The summed E-state index contributed by atoms with van der Waals surface area (Å²) in [5, 5.41) is 6.32. The average molecular weight is 767 g/mol. The molecule has 0 unspecified atom stereocenters. The van der Waals surface area contributed by atoms with Crippen molar-refractivity contribution < 1.29 is 19.0 Å². The van der Waals surface area contributed by atoms with E-state index in [0.29, 0.717) is 54.8 Å². The van der Waals surface area contributed by atoms with Gasteiger partial charge in [0, 0.05) is 69.1 Å². The molecule has 0 atom stereocenters. The maximum atomic E-state index is 12.5. The number of hydrogen-bond acceptors (Lipinski definition) is 13. The first-order valence-electron chi connectivity index (χ1n) is 19.2. The lowest BCUT2D eigenvalue weighted by molar-refractivity contribution is -0.118. The summed E-state index contributed by atoms with van der Waals surface area (Å²) in [4.78, 5) is 54.2. The predicted molar refractivity (Wildman–Crippen MR) is 213 cm³/mol. The fourth-order valence-electron chi connectivity index (χ4n) is 7.35. The summed E-state index contributed by atoms with van der Waals surface area (Å²) >= 11 is 0. The van der Waals surface area contributed by atoms with Crippen LogP contribution in [0.4, 0.5) is 5.82 Å². The second-order valence-corrected chi connectivity index (χ2v) is 14.4. The molecule has 2 saturated heterocycles. The Bertz CT molecular complexity index is 2260. The molecule has 0 aromatic carbocycles. The number of fused-ring (bicyclic) bond motifs is 3. The van der Waals surface area contributed by atoms with Gasteiger partial charge in [0.2, 0.25) is 0 Å². The van der Waals surface area contributed by atoms with Crippen LogP contribution in [0.25, 0.3) is 22.1 Å². The number of anilines is 1. The Balaban J connectivity index is 0.000000189. The van der Waals surface area contributed by atoms with Crippen LogP contribution in [0.15, 0.2) is 70.5 Å². The Labute approximate surface area is 324 Å². The molecule has 2 fully saturated rings. The van der Waals surface area contributed by atoms with E-state index in [0.717, 1.165) is 92.7 Å². The molecule has 5 aromatic heterocycles. The van der Waals surface area contributed by atoms with Gasteiger partial charge in [-0.25, -0.2) is 4.98 Å². The lowest BCUT2D eigenvalue weighted by atomic mass is 10.0. The van der Waals surface area contributed by atoms with Crippen molar-refractivity contribution in [2.24, 2.45) is 5.73 Å². The quantitative estimate of drug-likeness (QED) is 0.178. The molecule has 8 rings (SSSR count). The molecule has 296 valence electrons. The van der Waals surface area contributed by atoms with E-state index in [1.807, 2.05) is 24.3 Å². The zero-order valence-electron chi connectivity index (χ0n) is 32.0. The molecule has 0 aliphatic carbocycles. The maximum Gasteiger partial charge on any atom is 0.263 e. The van der Waals surface area contributed by atoms with Gasteiger partial charge in [-0.1, -0.05) is 0 Å². The highest BCUT2D eigenvalue weighted by Gasteiger charge is 2.21. The number of amides is 1.